The standard InChI is InChI=1S/C24H30FN3O4S/c1-2-3-11-26-14-18-9-10-19-13-21(32-16-17-7-5-4-6-8-17)24(23(25)20(19)12-18)28-15-22(29)27-33(28,30)31/h4-8,13,18,26H,2-3,9-12,14-16H2,1H3,(H,27,29). The van der Waals surface area contributed by atoms with Crippen LogP contribution in [0, 0.1) is 11.7 Å². The molecule has 178 valence electrons. The van der Waals surface area contributed by atoms with Crippen LogP contribution in [0.5, 0.6) is 5.75 Å². The second-order valence-corrected chi connectivity index (χ2v) is 10.2. The summed E-state index contributed by atoms with van der Waals surface area (Å²) in [4.78, 5) is 11.9. The lowest BCUT2D eigenvalue weighted by Gasteiger charge is -2.29. The Bertz CT molecular complexity index is 1110. The van der Waals surface area contributed by atoms with Crippen molar-refractivity contribution < 1.29 is 22.3 Å². The van der Waals surface area contributed by atoms with E-state index in [2.05, 4.69) is 12.2 Å². The Morgan fingerprint density at radius 2 is 2.06 bits per heavy atom. The number of hydrogen-bond donors (Lipinski definition) is 2. The molecule has 1 heterocycles. The van der Waals surface area contributed by atoms with E-state index in [4.69, 9.17) is 4.74 Å². The zero-order valence-corrected chi connectivity index (χ0v) is 19.6. The predicted molar refractivity (Wildman–Crippen MR) is 125 cm³/mol. The van der Waals surface area contributed by atoms with Gasteiger partial charge in [0, 0.05) is 0 Å². The number of hydrogen-bond acceptors (Lipinski definition) is 5. The number of aryl methyl sites for hydroxylation is 1. The summed E-state index contributed by atoms with van der Waals surface area (Å²) in [7, 11) is -4.18. The Morgan fingerprint density at radius 3 is 2.76 bits per heavy atom. The van der Waals surface area contributed by atoms with Gasteiger partial charge in [0.25, 0.3) is 5.91 Å². The van der Waals surface area contributed by atoms with Crippen LogP contribution in [0.4, 0.5) is 10.1 Å². The number of benzene rings is 2. The van der Waals surface area contributed by atoms with E-state index in [1.165, 1.54) is 0 Å². The van der Waals surface area contributed by atoms with E-state index in [-0.39, 0.29) is 24.0 Å². The molecule has 2 aliphatic rings. The highest BCUT2D eigenvalue weighted by atomic mass is 32.2. The van der Waals surface area contributed by atoms with Crippen molar-refractivity contribution in [2.75, 3.05) is 23.9 Å². The third-order valence-corrected chi connectivity index (χ3v) is 7.54. The number of nitrogens with zero attached hydrogens (tertiary/aromatic N) is 1. The number of amides is 1. The van der Waals surface area contributed by atoms with E-state index < -0.39 is 28.5 Å². The van der Waals surface area contributed by atoms with Gasteiger partial charge in [-0.2, -0.15) is 8.42 Å². The lowest BCUT2D eigenvalue weighted by Crippen LogP contribution is -2.32. The fraction of sp³-hybridized carbons (Fsp3) is 0.458. The van der Waals surface area contributed by atoms with Crippen LogP contribution >= 0.6 is 0 Å². The number of nitrogens with one attached hydrogen (secondary N) is 2. The molecule has 1 fully saturated rings. The van der Waals surface area contributed by atoms with Crippen molar-refractivity contribution >= 4 is 21.8 Å². The number of anilines is 1. The highest BCUT2D eigenvalue weighted by Gasteiger charge is 2.39. The van der Waals surface area contributed by atoms with E-state index in [0.29, 0.717) is 18.4 Å². The van der Waals surface area contributed by atoms with Gasteiger partial charge in [0.15, 0.2) is 5.82 Å². The molecule has 0 saturated carbocycles. The minimum Gasteiger partial charge on any atom is -0.487 e. The quantitative estimate of drug-likeness (QED) is 0.545. The van der Waals surface area contributed by atoms with Crippen molar-refractivity contribution in [3.05, 3.63) is 58.9 Å². The molecular weight excluding hydrogens is 445 g/mol. The van der Waals surface area contributed by atoms with E-state index >= 15 is 4.39 Å². The molecule has 1 amide bonds. The fourth-order valence-electron chi connectivity index (χ4n) is 4.41. The van der Waals surface area contributed by atoms with Gasteiger partial charge in [0.2, 0.25) is 0 Å². The lowest BCUT2D eigenvalue weighted by atomic mass is 9.83. The van der Waals surface area contributed by atoms with Gasteiger partial charge < -0.3 is 10.1 Å². The number of halogens is 1. The minimum absolute atomic E-state index is 0.134. The number of carbonyl (C=O) groups excluding carboxylic acids is 1. The van der Waals surface area contributed by atoms with Crippen molar-refractivity contribution in [2.24, 2.45) is 5.92 Å². The van der Waals surface area contributed by atoms with E-state index in [9.17, 15) is 13.2 Å². The smallest absolute Gasteiger partial charge is 0.326 e. The third-order valence-electron chi connectivity index (χ3n) is 6.16. The molecule has 1 aliphatic carbocycles. The molecule has 0 aromatic heterocycles. The Labute approximate surface area is 194 Å². The molecule has 33 heavy (non-hydrogen) atoms. The first kappa shape index (κ1) is 23.5. The van der Waals surface area contributed by atoms with Crippen molar-refractivity contribution in [1.29, 1.82) is 0 Å². The summed E-state index contributed by atoms with van der Waals surface area (Å²) < 4.78 is 49.7. The molecule has 1 aliphatic heterocycles. The van der Waals surface area contributed by atoms with Crippen LogP contribution in [-0.2, 0) is 34.5 Å². The zero-order chi connectivity index (χ0) is 23.4. The summed E-state index contributed by atoms with van der Waals surface area (Å²) in [6.07, 6.45) is 4.34. The summed E-state index contributed by atoms with van der Waals surface area (Å²) in [5, 5.41) is 3.44. The van der Waals surface area contributed by atoms with Gasteiger partial charge in [0.05, 0.1) is 0 Å². The normalized spacial score (nSPS) is 19.3. The first-order chi connectivity index (χ1) is 15.9. The van der Waals surface area contributed by atoms with Crippen molar-refractivity contribution in [2.45, 2.75) is 45.6 Å². The number of rotatable bonds is 9. The first-order valence-electron chi connectivity index (χ1n) is 11.4. The zero-order valence-electron chi connectivity index (χ0n) is 18.8. The van der Waals surface area contributed by atoms with Crippen LogP contribution in [0.1, 0.15) is 42.9 Å². The fourth-order valence-corrected chi connectivity index (χ4v) is 5.57. The second kappa shape index (κ2) is 10.1. The topological polar surface area (TPSA) is 87.7 Å². The highest BCUT2D eigenvalue weighted by Crippen LogP contribution is 2.41. The second-order valence-electron chi connectivity index (χ2n) is 8.65. The van der Waals surface area contributed by atoms with Gasteiger partial charge in [-0.15, -0.1) is 0 Å². The third kappa shape index (κ3) is 5.30. The predicted octanol–water partition coefficient (Wildman–Crippen LogP) is 3.08. The maximum atomic E-state index is 15.9. The summed E-state index contributed by atoms with van der Waals surface area (Å²) >= 11 is 0. The van der Waals surface area contributed by atoms with E-state index in [1.54, 1.807) is 6.07 Å². The highest BCUT2D eigenvalue weighted by molar-refractivity contribution is 7.92. The van der Waals surface area contributed by atoms with Crippen LogP contribution < -0.4 is 19.1 Å². The molecule has 1 unspecified atom stereocenters. The Morgan fingerprint density at radius 1 is 1.27 bits per heavy atom. The van der Waals surface area contributed by atoms with E-state index in [0.717, 1.165) is 47.8 Å². The maximum absolute atomic E-state index is 15.9. The van der Waals surface area contributed by atoms with E-state index in [1.807, 2.05) is 35.1 Å². The maximum Gasteiger partial charge on any atom is 0.326 e. The number of unbranched alkanes of at least 4 members (excludes halogenated alkanes) is 1. The average Bonchev–Trinajstić information content (AvgIpc) is 3.07. The van der Waals surface area contributed by atoms with Crippen LogP contribution in [-0.4, -0.2) is 34.0 Å². The summed E-state index contributed by atoms with van der Waals surface area (Å²) in [5.41, 5.74) is 2.03. The molecule has 2 aromatic rings. The van der Waals surface area contributed by atoms with Gasteiger partial charge in [-0.25, -0.2) is 13.4 Å². The molecule has 0 radical (unpaired) electrons. The van der Waals surface area contributed by atoms with Crippen LogP contribution in [0.2, 0.25) is 0 Å². The summed E-state index contributed by atoms with van der Waals surface area (Å²) in [5.74, 6) is -0.912. The molecule has 1 atom stereocenters. The lowest BCUT2D eigenvalue weighted by molar-refractivity contribution is -0.117. The largest absolute Gasteiger partial charge is 0.487 e. The molecule has 2 N–H and O–H groups in total. The van der Waals surface area contributed by atoms with Crippen LogP contribution in [0.3, 0.4) is 0 Å². The average molecular weight is 476 g/mol. The van der Waals surface area contributed by atoms with Crippen LogP contribution in [0.15, 0.2) is 36.4 Å². The molecule has 4 rings (SSSR count). The van der Waals surface area contributed by atoms with Gasteiger partial charge in [-0.1, -0.05) is 43.7 Å². The molecule has 9 heteroatoms. The van der Waals surface area contributed by atoms with Gasteiger partial charge in [-0.3, -0.25) is 4.79 Å². The Kier molecular flexibility index (Phi) is 7.19. The van der Waals surface area contributed by atoms with Gasteiger partial charge in [-0.05, 0) is 67.4 Å². The molecule has 2 aromatic carbocycles. The first-order valence-corrected chi connectivity index (χ1v) is 12.9. The number of ether oxygens (including phenoxy) is 1. The molecular formula is C24H30FN3O4S. The summed E-state index contributed by atoms with van der Waals surface area (Å²) in [6.45, 7) is 3.55. The summed E-state index contributed by atoms with van der Waals surface area (Å²) in [6, 6.07) is 11.1. The Balaban J connectivity index is 1.65. The number of fused-ring (bicyclic) bond motifs is 1. The molecule has 0 spiro atoms. The van der Waals surface area contributed by atoms with Gasteiger partial charge >= 0.3 is 10.2 Å². The van der Waals surface area contributed by atoms with Crippen LogP contribution in [0.25, 0.3) is 0 Å². The van der Waals surface area contributed by atoms with Crippen molar-refractivity contribution in [3.8, 4) is 5.75 Å². The van der Waals surface area contributed by atoms with Crippen molar-refractivity contribution in [3.63, 3.8) is 0 Å². The van der Waals surface area contributed by atoms with Gasteiger partial charge in [0.1, 0.15) is 24.6 Å². The Hall–Kier alpha value is -2.65. The molecule has 0 bridgehead atoms. The van der Waals surface area contributed by atoms with Crippen molar-refractivity contribution in [1.82, 2.24) is 10.0 Å². The minimum atomic E-state index is -4.18. The molecule has 1 saturated heterocycles. The number of carbonyl (C=O) groups is 1. The SMILES string of the molecule is CCCCNCC1CCc2cc(OCc3ccccc3)c(N3CC(=O)NS3(=O)=O)c(F)c2C1. The monoisotopic (exact) mass is 475 g/mol. The molecule has 7 nitrogen and oxygen atoms in total.